The van der Waals surface area contributed by atoms with Crippen LogP contribution in [0.3, 0.4) is 0 Å². The molecule has 1 unspecified atom stereocenters. The SMILES string of the molecule is CN=C(NCC(c1ccc(F)cc1)N(C)C)N(C)CCOCC1CC1. The maximum Gasteiger partial charge on any atom is 0.193 e. The summed E-state index contributed by atoms with van der Waals surface area (Å²) in [5.74, 6) is 1.42. The minimum Gasteiger partial charge on any atom is -0.379 e. The van der Waals surface area contributed by atoms with Crippen LogP contribution < -0.4 is 5.32 Å². The molecule has 1 aromatic carbocycles. The Kier molecular flexibility index (Phi) is 7.65. The van der Waals surface area contributed by atoms with Crippen molar-refractivity contribution in [1.82, 2.24) is 15.1 Å². The summed E-state index contributed by atoms with van der Waals surface area (Å²) in [7, 11) is 7.84. The molecule has 1 aliphatic carbocycles. The molecular weight excluding hydrogens is 319 g/mol. The van der Waals surface area contributed by atoms with E-state index in [1.165, 1.54) is 25.0 Å². The van der Waals surface area contributed by atoms with Gasteiger partial charge in [0.05, 0.1) is 12.6 Å². The monoisotopic (exact) mass is 350 g/mol. The Hall–Kier alpha value is -1.66. The molecule has 1 N–H and O–H groups in total. The lowest BCUT2D eigenvalue weighted by Crippen LogP contribution is -2.43. The van der Waals surface area contributed by atoms with Gasteiger partial charge >= 0.3 is 0 Å². The van der Waals surface area contributed by atoms with Crippen LogP contribution in [-0.2, 0) is 4.74 Å². The number of rotatable bonds is 9. The number of guanidine groups is 1. The quantitative estimate of drug-likeness (QED) is 0.422. The molecule has 1 aromatic rings. The molecule has 0 aliphatic heterocycles. The van der Waals surface area contributed by atoms with E-state index in [0.717, 1.165) is 30.6 Å². The van der Waals surface area contributed by atoms with Crippen molar-refractivity contribution in [2.75, 3.05) is 54.5 Å². The normalized spacial score (nSPS) is 16.2. The van der Waals surface area contributed by atoms with Crippen molar-refractivity contribution in [3.63, 3.8) is 0 Å². The highest BCUT2D eigenvalue weighted by Crippen LogP contribution is 2.28. The Balaban J connectivity index is 1.82. The molecule has 0 aromatic heterocycles. The number of nitrogens with one attached hydrogen (secondary N) is 1. The molecule has 0 amide bonds. The topological polar surface area (TPSA) is 40.1 Å². The molecule has 140 valence electrons. The lowest BCUT2D eigenvalue weighted by molar-refractivity contribution is 0.115. The first-order valence-electron chi connectivity index (χ1n) is 8.92. The fourth-order valence-corrected chi connectivity index (χ4v) is 2.70. The maximum atomic E-state index is 13.2. The molecule has 1 fully saturated rings. The lowest BCUT2D eigenvalue weighted by atomic mass is 10.1. The molecule has 0 spiro atoms. The van der Waals surface area contributed by atoms with E-state index in [1.807, 2.05) is 33.3 Å². The number of nitrogens with zero attached hydrogens (tertiary/aromatic N) is 3. The average molecular weight is 350 g/mol. The van der Waals surface area contributed by atoms with Crippen molar-refractivity contribution in [2.45, 2.75) is 18.9 Å². The number of halogens is 1. The summed E-state index contributed by atoms with van der Waals surface area (Å²) >= 11 is 0. The molecule has 5 nitrogen and oxygen atoms in total. The largest absolute Gasteiger partial charge is 0.379 e. The van der Waals surface area contributed by atoms with Gasteiger partial charge in [0.2, 0.25) is 0 Å². The highest BCUT2D eigenvalue weighted by atomic mass is 19.1. The fraction of sp³-hybridized carbons (Fsp3) is 0.632. The average Bonchev–Trinajstić information content (AvgIpc) is 3.41. The molecule has 1 aliphatic rings. The van der Waals surface area contributed by atoms with Gasteiger partial charge in [-0.05, 0) is 50.6 Å². The van der Waals surface area contributed by atoms with Gasteiger partial charge in [0.15, 0.2) is 5.96 Å². The second-order valence-electron chi connectivity index (χ2n) is 6.90. The van der Waals surface area contributed by atoms with Crippen molar-refractivity contribution in [2.24, 2.45) is 10.9 Å². The van der Waals surface area contributed by atoms with Crippen molar-refractivity contribution in [3.05, 3.63) is 35.6 Å². The van der Waals surface area contributed by atoms with E-state index < -0.39 is 0 Å². The Bertz CT molecular complexity index is 543. The molecule has 0 heterocycles. The predicted octanol–water partition coefficient (Wildman–Crippen LogP) is 2.36. The van der Waals surface area contributed by atoms with E-state index in [2.05, 4.69) is 20.1 Å². The van der Waals surface area contributed by atoms with Gasteiger partial charge in [-0.25, -0.2) is 4.39 Å². The van der Waals surface area contributed by atoms with Gasteiger partial charge in [-0.2, -0.15) is 0 Å². The van der Waals surface area contributed by atoms with E-state index in [1.54, 1.807) is 7.05 Å². The van der Waals surface area contributed by atoms with Crippen LogP contribution in [0.25, 0.3) is 0 Å². The fourth-order valence-electron chi connectivity index (χ4n) is 2.70. The highest BCUT2D eigenvalue weighted by molar-refractivity contribution is 5.79. The third kappa shape index (κ3) is 6.63. The minimum atomic E-state index is -0.212. The van der Waals surface area contributed by atoms with Crippen LogP contribution in [-0.4, -0.2) is 70.3 Å². The maximum absolute atomic E-state index is 13.2. The number of benzene rings is 1. The second kappa shape index (κ2) is 9.73. The zero-order valence-electron chi connectivity index (χ0n) is 15.8. The molecule has 2 rings (SSSR count). The van der Waals surface area contributed by atoms with Crippen LogP contribution >= 0.6 is 0 Å². The van der Waals surface area contributed by atoms with E-state index >= 15 is 0 Å². The zero-order valence-corrected chi connectivity index (χ0v) is 15.8. The van der Waals surface area contributed by atoms with E-state index in [9.17, 15) is 4.39 Å². The molecule has 0 radical (unpaired) electrons. The van der Waals surface area contributed by atoms with Gasteiger partial charge in [0, 0.05) is 33.8 Å². The number of hydrogen-bond donors (Lipinski definition) is 1. The Labute approximate surface area is 150 Å². The number of likely N-dealkylation sites (N-methyl/N-ethyl adjacent to an activating group) is 2. The van der Waals surface area contributed by atoms with Gasteiger partial charge < -0.3 is 19.9 Å². The van der Waals surface area contributed by atoms with Crippen LogP contribution in [0, 0.1) is 11.7 Å². The van der Waals surface area contributed by atoms with Crippen molar-refractivity contribution in [1.29, 1.82) is 0 Å². The van der Waals surface area contributed by atoms with Gasteiger partial charge in [-0.1, -0.05) is 12.1 Å². The van der Waals surface area contributed by atoms with Crippen molar-refractivity contribution in [3.8, 4) is 0 Å². The van der Waals surface area contributed by atoms with Crippen molar-refractivity contribution >= 4 is 5.96 Å². The third-order valence-electron chi connectivity index (χ3n) is 4.53. The lowest BCUT2D eigenvalue weighted by Gasteiger charge is -2.28. The summed E-state index contributed by atoms with van der Waals surface area (Å²) < 4.78 is 18.9. The second-order valence-corrected chi connectivity index (χ2v) is 6.90. The zero-order chi connectivity index (χ0) is 18.2. The molecule has 25 heavy (non-hydrogen) atoms. The molecule has 0 bridgehead atoms. The van der Waals surface area contributed by atoms with Crippen LogP contribution in [0.1, 0.15) is 24.4 Å². The smallest absolute Gasteiger partial charge is 0.193 e. The molecule has 6 heteroatoms. The van der Waals surface area contributed by atoms with Crippen LogP contribution in [0.4, 0.5) is 4.39 Å². The molecule has 1 saturated carbocycles. The minimum absolute atomic E-state index is 0.136. The van der Waals surface area contributed by atoms with Crippen LogP contribution in [0.15, 0.2) is 29.3 Å². The summed E-state index contributed by atoms with van der Waals surface area (Å²) in [6.45, 7) is 3.09. The van der Waals surface area contributed by atoms with Crippen LogP contribution in [0.5, 0.6) is 0 Å². The van der Waals surface area contributed by atoms with Gasteiger partial charge in [-0.3, -0.25) is 4.99 Å². The van der Waals surface area contributed by atoms with Crippen LogP contribution in [0.2, 0.25) is 0 Å². The summed E-state index contributed by atoms with van der Waals surface area (Å²) in [6, 6.07) is 6.81. The summed E-state index contributed by atoms with van der Waals surface area (Å²) in [4.78, 5) is 8.54. The Morgan fingerprint density at radius 1 is 1.28 bits per heavy atom. The first kappa shape index (κ1) is 19.7. The standard InChI is InChI=1S/C19H31FN4O/c1-21-19(24(4)11-12-25-14-15-5-6-15)22-13-18(23(2)3)16-7-9-17(20)10-8-16/h7-10,15,18H,5-6,11-14H2,1-4H3,(H,21,22). The summed E-state index contributed by atoms with van der Waals surface area (Å²) in [6.07, 6.45) is 2.63. The Morgan fingerprint density at radius 2 is 1.96 bits per heavy atom. The number of hydrogen-bond acceptors (Lipinski definition) is 3. The predicted molar refractivity (Wildman–Crippen MR) is 100 cm³/mol. The highest BCUT2D eigenvalue weighted by Gasteiger charge is 2.21. The molecule has 0 saturated heterocycles. The summed E-state index contributed by atoms with van der Waals surface area (Å²) in [5.41, 5.74) is 1.07. The molecular formula is C19H31FN4O. The third-order valence-corrected chi connectivity index (χ3v) is 4.53. The Morgan fingerprint density at radius 3 is 2.52 bits per heavy atom. The van der Waals surface area contributed by atoms with Crippen molar-refractivity contribution < 1.29 is 9.13 Å². The van der Waals surface area contributed by atoms with Gasteiger partial charge in [0.25, 0.3) is 0 Å². The van der Waals surface area contributed by atoms with Gasteiger partial charge in [0.1, 0.15) is 5.82 Å². The van der Waals surface area contributed by atoms with E-state index in [4.69, 9.17) is 4.74 Å². The molecule has 1 atom stereocenters. The summed E-state index contributed by atoms with van der Waals surface area (Å²) in [5, 5.41) is 3.41. The van der Waals surface area contributed by atoms with E-state index in [0.29, 0.717) is 13.2 Å². The number of aliphatic imine (C=N–C) groups is 1. The van der Waals surface area contributed by atoms with E-state index in [-0.39, 0.29) is 11.9 Å². The first-order chi connectivity index (χ1) is 12.0. The first-order valence-corrected chi connectivity index (χ1v) is 8.92. The number of ether oxygens (including phenoxy) is 1. The van der Waals surface area contributed by atoms with Gasteiger partial charge in [-0.15, -0.1) is 0 Å².